The molecule has 0 aliphatic rings. The third kappa shape index (κ3) is 5.27. The van der Waals surface area contributed by atoms with E-state index >= 15 is 0 Å². The Bertz CT molecular complexity index is 416. The minimum atomic E-state index is -0.222. The first kappa shape index (κ1) is 16.1. The Labute approximate surface area is 123 Å². The van der Waals surface area contributed by atoms with Crippen molar-refractivity contribution in [3.8, 4) is 0 Å². The van der Waals surface area contributed by atoms with Gasteiger partial charge in [-0.3, -0.25) is 4.79 Å². The second-order valence-corrected chi connectivity index (χ2v) is 4.87. The topological polar surface area (TPSA) is 64.3 Å². The van der Waals surface area contributed by atoms with Gasteiger partial charge in [-0.2, -0.15) is 0 Å². The summed E-state index contributed by atoms with van der Waals surface area (Å²) in [6.45, 7) is 3.98. The Hall–Kier alpha value is -0.970. The molecule has 0 atom stereocenters. The van der Waals surface area contributed by atoms with Crippen LogP contribution in [0.4, 0.5) is 5.69 Å². The third-order valence-electron chi connectivity index (χ3n) is 2.42. The number of nitrogen functional groups attached to an aromatic ring is 1. The maximum Gasteiger partial charge on any atom is 0.251 e. The molecular formula is C13H18Cl2N2O2. The number of halogens is 2. The molecule has 19 heavy (non-hydrogen) atoms. The average molecular weight is 305 g/mol. The molecule has 1 aromatic carbocycles. The number of anilines is 1. The maximum atomic E-state index is 11.8. The summed E-state index contributed by atoms with van der Waals surface area (Å²) in [6, 6.07) is 3.01. The van der Waals surface area contributed by atoms with Gasteiger partial charge in [0.15, 0.2) is 0 Å². The van der Waals surface area contributed by atoms with E-state index in [0.29, 0.717) is 24.4 Å². The monoisotopic (exact) mass is 304 g/mol. The first-order valence-electron chi connectivity index (χ1n) is 6.16. The van der Waals surface area contributed by atoms with Crippen molar-refractivity contribution in [2.45, 2.75) is 19.8 Å². The first-order chi connectivity index (χ1) is 9.06. The highest BCUT2D eigenvalue weighted by molar-refractivity contribution is 6.43. The highest BCUT2D eigenvalue weighted by Gasteiger charge is 2.10. The zero-order valence-electron chi connectivity index (χ0n) is 10.8. The number of carbonyl (C=O) groups excluding carboxylic acids is 1. The highest BCUT2D eigenvalue weighted by Crippen LogP contribution is 2.29. The van der Waals surface area contributed by atoms with Crippen LogP contribution in [0.25, 0.3) is 0 Å². The predicted molar refractivity (Wildman–Crippen MR) is 78.9 cm³/mol. The fraction of sp³-hybridized carbons (Fsp3) is 0.462. The second kappa shape index (κ2) is 8.25. The molecule has 0 fully saturated rings. The van der Waals surface area contributed by atoms with Gasteiger partial charge in [0, 0.05) is 25.3 Å². The van der Waals surface area contributed by atoms with Gasteiger partial charge in [0.25, 0.3) is 5.91 Å². The van der Waals surface area contributed by atoms with E-state index in [0.717, 1.165) is 19.4 Å². The van der Waals surface area contributed by atoms with Crippen molar-refractivity contribution in [2.24, 2.45) is 0 Å². The van der Waals surface area contributed by atoms with Crippen LogP contribution in [0.5, 0.6) is 0 Å². The number of amides is 1. The number of nitrogens with two attached hydrogens (primary N) is 1. The Kier molecular flexibility index (Phi) is 6.99. The molecule has 1 rings (SSSR count). The molecule has 0 aromatic heterocycles. The zero-order valence-corrected chi connectivity index (χ0v) is 12.4. The van der Waals surface area contributed by atoms with Gasteiger partial charge in [-0.05, 0) is 25.0 Å². The molecule has 0 bridgehead atoms. The SMILES string of the molecule is CCCOCCCNC(=O)c1cc(N)c(Cl)c(Cl)c1. The number of hydrogen-bond acceptors (Lipinski definition) is 3. The number of hydrogen-bond donors (Lipinski definition) is 2. The van der Waals surface area contributed by atoms with Gasteiger partial charge >= 0.3 is 0 Å². The molecule has 0 unspecified atom stereocenters. The van der Waals surface area contributed by atoms with E-state index in [4.69, 9.17) is 33.7 Å². The lowest BCUT2D eigenvalue weighted by Gasteiger charge is -2.08. The summed E-state index contributed by atoms with van der Waals surface area (Å²) in [5.41, 5.74) is 6.35. The minimum Gasteiger partial charge on any atom is -0.397 e. The smallest absolute Gasteiger partial charge is 0.251 e. The van der Waals surface area contributed by atoms with Crippen molar-refractivity contribution in [2.75, 3.05) is 25.5 Å². The molecule has 1 aromatic rings. The standard InChI is InChI=1S/C13H18Cl2N2O2/c1-2-5-19-6-3-4-17-13(18)9-7-10(14)12(15)11(16)8-9/h7-8H,2-6,16H2,1H3,(H,17,18). The van der Waals surface area contributed by atoms with Crippen LogP contribution in [0, 0.1) is 0 Å². The van der Waals surface area contributed by atoms with Crippen molar-refractivity contribution in [3.05, 3.63) is 27.7 Å². The van der Waals surface area contributed by atoms with Crippen molar-refractivity contribution >= 4 is 34.8 Å². The van der Waals surface area contributed by atoms with Crippen molar-refractivity contribution < 1.29 is 9.53 Å². The van der Waals surface area contributed by atoms with E-state index in [2.05, 4.69) is 12.2 Å². The summed E-state index contributed by atoms with van der Waals surface area (Å²) in [7, 11) is 0. The van der Waals surface area contributed by atoms with Gasteiger partial charge in [0.1, 0.15) is 0 Å². The van der Waals surface area contributed by atoms with Gasteiger partial charge in [0.2, 0.25) is 0 Å². The Balaban J connectivity index is 2.42. The largest absolute Gasteiger partial charge is 0.397 e. The maximum absolute atomic E-state index is 11.8. The molecule has 0 aliphatic carbocycles. The van der Waals surface area contributed by atoms with E-state index in [9.17, 15) is 4.79 Å². The minimum absolute atomic E-state index is 0.222. The van der Waals surface area contributed by atoms with Crippen LogP contribution in [0.15, 0.2) is 12.1 Å². The van der Waals surface area contributed by atoms with Crippen LogP contribution in [-0.2, 0) is 4.74 Å². The van der Waals surface area contributed by atoms with Gasteiger partial charge in [-0.1, -0.05) is 30.1 Å². The van der Waals surface area contributed by atoms with Crippen LogP contribution < -0.4 is 11.1 Å². The molecule has 0 saturated heterocycles. The summed E-state index contributed by atoms with van der Waals surface area (Å²) < 4.78 is 5.31. The highest BCUT2D eigenvalue weighted by atomic mass is 35.5. The average Bonchev–Trinajstić information content (AvgIpc) is 2.39. The molecule has 0 spiro atoms. The molecule has 0 radical (unpaired) electrons. The normalized spacial score (nSPS) is 10.5. The number of nitrogens with one attached hydrogen (secondary N) is 1. The van der Waals surface area contributed by atoms with Gasteiger partial charge < -0.3 is 15.8 Å². The number of ether oxygens (including phenoxy) is 1. The van der Waals surface area contributed by atoms with E-state index in [1.165, 1.54) is 12.1 Å². The lowest BCUT2D eigenvalue weighted by atomic mass is 10.2. The van der Waals surface area contributed by atoms with E-state index in [-0.39, 0.29) is 16.0 Å². The van der Waals surface area contributed by atoms with E-state index < -0.39 is 0 Å². The van der Waals surface area contributed by atoms with Gasteiger partial charge in [-0.15, -0.1) is 0 Å². The van der Waals surface area contributed by atoms with Crippen LogP contribution in [-0.4, -0.2) is 25.7 Å². The number of rotatable bonds is 7. The van der Waals surface area contributed by atoms with Crippen LogP contribution in [0.2, 0.25) is 10.0 Å². The van der Waals surface area contributed by atoms with Gasteiger partial charge in [0.05, 0.1) is 15.7 Å². The summed E-state index contributed by atoms with van der Waals surface area (Å²) in [5.74, 6) is -0.222. The molecular weight excluding hydrogens is 287 g/mol. The molecule has 6 heteroatoms. The van der Waals surface area contributed by atoms with E-state index in [1.54, 1.807) is 0 Å². The van der Waals surface area contributed by atoms with Crippen molar-refractivity contribution in [1.29, 1.82) is 0 Å². The Morgan fingerprint density at radius 1 is 1.37 bits per heavy atom. The Morgan fingerprint density at radius 2 is 2.11 bits per heavy atom. The lowest BCUT2D eigenvalue weighted by molar-refractivity contribution is 0.0941. The summed E-state index contributed by atoms with van der Waals surface area (Å²) in [4.78, 5) is 11.8. The summed E-state index contributed by atoms with van der Waals surface area (Å²) in [6.07, 6.45) is 1.76. The number of benzene rings is 1. The zero-order chi connectivity index (χ0) is 14.3. The van der Waals surface area contributed by atoms with Crippen LogP contribution >= 0.6 is 23.2 Å². The first-order valence-corrected chi connectivity index (χ1v) is 6.92. The summed E-state index contributed by atoms with van der Waals surface area (Å²) in [5, 5.41) is 3.32. The molecule has 1 amide bonds. The van der Waals surface area contributed by atoms with Crippen molar-refractivity contribution in [3.63, 3.8) is 0 Å². The molecule has 0 heterocycles. The molecule has 106 valence electrons. The second-order valence-electron chi connectivity index (χ2n) is 4.08. The predicted octanol–water partition coefficient (Wildman–Crippen LogP) is 3.12. The fourth-order valence-corrected chi connectivity index (χ4v) is 1.80. The molecule has 0 saturated carbocycles. The fourth-order valence-electron chi connectivity index (χ4n) is 1.47. The Morgan fingerprint density at radius 3 is 2.74 bits per heavy atom. The number of carbonyl (C=O) groups is 1. The van der Waals surface area contributed by atoms with Crippen LogP contribution in [0.3, 0.4) is 0 Å². The third-order valence-corrected chi connectivity index (χ3v) is 3.23. The van der Waals surface area contributed by atoms with E-state index in [1.807, 2.05) is 0 Å². The lowest BCUT2D eigenvalue weighted by Crippen LogP contribution is -2.25. The molecule has 0 aliphatic heterocycles. The quantitative estimate of drug-likeness (QED) is 0.601. The summed E-state index contributed by atoms with van der Waals surface area (Å²) >= 11 is 11.7. The van der Waals surface area contributed by atoms with Gasteiger partial charge in [-0.25, -0.2) is 0 Å². The van der Waals surface area contributed by atoms with Crippen molar-refractivity contribution in [1.82, 2.24) is 5.32 Å². The van der Waals surface area contributed by atoms with Crippen LogP contribution in [0.1, 0.15) is 30.1 Å². The molecule has 4 nitrogen and oxygen atoms in total. The molecule has 3 N–H and O–H groups in total.